The summed E-state index contributed by atoms with van der Waals surface area (Å²) in [5.41, 5.74) is 1.83. The summed E-state index contributed by atoms with van der Waals surface area (Å²) in [5.74, 6) is 1.45. The molecule has 3 amide bonds. The van der Waals surface area contributed by atoms with Crippen LogP contribution in [0, 0.1) is 17.3 Å². The minimum absolute atomic E-state index is 0.131. The predicted molar refractivity (Wildman–Crippen MR) is 123 cm³/mol. The molecular formula is C24H26BrN3O2. The number of anilines is 3. The van der Waals surface area contributed by atoms with E-state index in [1.165, 1.54) is 19.3 Å². The number of carbonyl (C=O) groups excluding carboxylic acids is 2. The molecule has 4 fully saturated rings. The Morgan fingerprint density at radius 1 is 0.800 bits per heavy atom. The number of benzene rings is 2. The monoisotopic (exact) mass is 467 g/mol. The maximum atomic E-state index is 13.4. The van der Waals surface area contributed by atoms with Gasteiger partial charge in [0.2, 0.25) is 5.91 Å². The van der Waals surface area contributed by atoms with Gasteiger partial charge in [-0.05, 0) is 80.7 Å². The number of hydrogen-bond acceptors (Lipinski definition) is 2. The van der Waals surface area contributed by atoms with E-state index in [2.05, 4.69) is 31.9 Å². The molecular weight excluding hydrogens is 442 g/mol. The number of carbonyl (C=O) groups is 2. The van der Waals surface area contributed by atoms with Crippen molar-refractivity contribution in [2.45, 2.75) is 42.8 Å². The molecule has 6 heteroatoms. The van der Waals surface area contributed by atoms with Crippen LogP contribution in [0.2, 0.25) is 0 Å². The standard InChI is InChI=1S/C24H26BrN3O2/c25-24-13-16-9-17(14-24)12-23(11-16,15-24)21(29)26-19-7-4-8-20(10-19)28-22(30)27-18-5-2-1-3-6-18/h1-8,10,16-17H,9,11-15H2,(H,26,29)(H2,27,28,30). The fraction of sp³-hybridized carbons (Fsp3) is 0.417. The van der Waals surface area contributed by atoms with Crippen molar-refractivity contribution in [2.75, 3.05) is 16.0 Å². The van der Waals surface area contributed by atoms with E-state index >= 15 is 0 Å². The molecule has 6 rings (SSSR count). The van der Waals surface area contributed by atoms with Crippen LogP contribution in [0.25, 0.3) is 0 Å². The summed E-state index contributed by atoms with van der Waals surface area (Å²) in [6.45, 7) is 0. The zero-order chi connectivity index (χ0) is 20.8. The average Bonchev–Trinajstić information content (AvgIpc) is 2.67. The van der Waals surface area contributed by atoms with Gasteiger partial charge in [-0.3, -0.25) is 4.79 Å². The first-order valence-electron chi connectivity index (χ1n) is 10.7. The van der Waals surface area contributed by atoms with Gasteiger partial charge in [-0.2, -0.15) is 0 Å². The summed E-state index contributed by atoms with van der Waals surface area (Å²) in [7, 11) is 0. The molecule has 4 aliphatic carbocycles. The third-order valence-corrected chi connectivity index (χ3v) is 7.81. The van der Waals surface area contributed by atoms with Crippen molar-refractivity contribution in [3.63, 3.8) is 0 Å². The van der Waals surface area contributed by atoms with E-state index in [1.54, 1.807) is 0 Å². The van der Waals surface area contributed by atoms with Gasteiger partial charge in [0.15, 0.2) is 0 Å². The van der Waals surface area contributed by atoms with Gasteiger partial charge in [0.1, 0.15) is 0 Å². The van der Waals surface area contributed by atoms with Crippen LogP contribution < -0.4 is 16.0 Å². The normalized spacial score (nSPS) is 31.2. The summed E-state index contributed by atoms with van der Waals surface area (Å²) in [4.78, 5) is 25.6. The molecule has 0 aromatic heterocycles. The number of nitrogens with one attached hydrogen (secondary N) is 3. The van der Waals surface area contributed by atoms with Crippen LogP contribution in [0.15, 0.2) is 54.6 Å². The molecule has 0 aliphatic heterocycles. The van der Waals surface area contributed by atoms with Crippen molar-refractivity contribution < 1.29 is 9.59 Å². The van der Waals surface area contributed by atoms with Gasteiger partial charge < -0.3 is 16.0 Å². The lowest BCUT2D eigenvalue weighted by Crippen LogP contribution is -2.57. The van der Waals surface area contributed by atoms with Crippen LogP contribution >= 0.6 is 15.9 Å². The van der Waals surface area contributed by atoms with Crippen LogP contribution in [0.4, 0.5) is 21.9 Å². The third-order valence-electron chi connectivity index (χ3n) is 6.88. The molecule has 4 bridgehead atoms. The van der Waals surface area contributed by atoms with Gasteiger partial charge >= 0.3 is 6.03 Å². The minimum atomic E-state index is -0.313. The molecule has 30 heavy (non-hydrogen) atoms. The second-order valence-corrected chi connectivity index (χ2v) is 11.1. The molecule has 2 unspecified atom stereocenters. The van der Waals surface area contributed by atoms with E-state index in [-0.39, 0.29) is 21.7 Å². The maximum absolute atomic E-state index is 13.4. The first-order valence-corrected chi connectivity index (χ1v) is 11.4. The molecule has 2 aromatic carbocycles. The molecule has 0 saturated heterocycles. The zero-order valence-corrected chi connectivity index (χ0v) is 18.4. The van der Waals surface area contributed by atoms with Crippen molar-refractivity contribution >= 4 is 44.9 Å². The maximum Gasteiger partial charge on any atom is 0.323 e. The highest BCUT2D eigenvalue weighted by atomic mass is 79.9. The van der Waals surface area contributed by atoms with Crippen molar-refractivity contribution in [2.24, 2.45) is 17.3 Å². The van der Waals surface area contributed by atoms with Crippen LogP contribution in [0.1, 0.15) is 38.5 Å². The van der Waals surface area contributed by atoms with Crippen molar-refractivity contribution in [3.8, 4) is 0 Å². The second kappa shape index (κ2) is 7.41. The lowest BCUT2D eigenvalue weighted by molar-refractivity contribution is -0.138. The molecule has 5 nitrogen and oxygen atoms in total. The van der Waals surface area contributed by atoms with E-state index in [4.69, 9.17) is 0 Å². The number of alkyl halides is 1. The molecule has 4 saturated carbocycles. The Labute approximate surface area is 185 Å². The summed E-state index contributed by atoms with van der Waals surface area (Å²) in [5, 5.41) is 8.79. The van der Waals surface area contributed by atoms with Gasteiger partial charge in [0.05, 0.1) is 5.41 Å². The highest BCUT2D eigenvalue weighted by Gasteiger charge is 2.59. The summed E-state index contributed by atoms with van der Waals surface area (Å²) < 4.78 is 0.146. The van der Waals surface area contributed by atoms with E-state index in [0.29, 0.717) is 17.5 Å². The Morgan fingerprint density at radius 2 is 1.40 bits per heavy atom. The number of para-hydroxylation sites is 1. The number of urea groups is 1. The zero-order valence-electron chi connectivity index (χ0n) is 16.8. The number of amides is 3. The van der Waals surface area contributed by atoms with E-state index in [0.717, 1.165) is 30.6 Å². The number of rotatable bonds is 4. The smallest absolute Gasteiger partial charge is 0.323 e. The van der Waals surface area contributed by atoms with Crippen LogP contribution in [-0.2, 0) is 4.79 Å². The first-order chi connectivity index (χ1) is 14.4. The van der Waals surface area contributed by atoms with E-state index in [9.17, 15) is 9.59 Å². The second-order valence-electron chi connectivity index (χ2n) is 9.37. The largest absolute Gasteiger partial charge is 0.326 e. The van der Waals surface area contributed by atoms with Gasteiger partial charge in [-0.15, -0.1) is 0 Å². The SMILES string of the molecule is O=C(Nc1ccccc1)Nc1cccc(NC(=O)C23CC4CC(CC(Br)(C4)C2)C3)c1. The molecule has 0 radical (unpaired) electrons. The molecule has 2 atom stereocenters. The Bertz CT molecular complexity index is 963. The quantitative estimate of drug-likeness (QED) is 0.482. The predicted octanol–water partition coefficient (Wildman–Crippen LogP) is 6.00. The van der Waals surface area contributed by atoms with Crippen molar-refractivity contribution in [3.05, 3.63) is 54.6 Å². The van der Waals surface area contributed by atoms with Crippen molar-refractivity contribution in [1.29, 1.82) is 0 Å². The fourth-order valence-corrected chi connectivity index (χ4v) is 7.62. The third kappa shape index (κ3) is 3.85. The Balaban J connectivity index is 1.26. The molecule has 0 spiro atoms. The van der Waals surface area contributed by atoms with Crippen LogP contribution in [-0.4, -0.2) is 16.3 Å². The minimum Gasteiger partial charge on any atom is -0.326 e. The van der Waals surface area contributed by atoms with Crippen LogP contribution in [0.3, 0.4) is 0 Å². The summed E-state index contributed by atoms with van der Waals surface area (Å²) in [6, 6.07) is 16.3. The lowest BCUT2D eigenvalue weighted by Gasteiger charge is -2.59. The molecule has 4 aliphatic rings. The van der Waals surface area contributed by atoms with Gasteiger partial charge in [-0.1, -0.05) is 40.2 Å². The average molecular weight is 468 g/mol. The first kappa shape index (κ1) is 19.6. The van der Waals surface area contributed by atoms with Crippen LogP contribution in [0.5, 0.6) is 0 Å². The van der Waals surface area contributed by atoms with E-state index in [1.807, 2.05) is 54.6 Å². The highest BCUT2D eigenvalue weighted by Crippen LogP contribution is 2.64. The summed E-state index contributed by atoms with van der Waals surface area (Å²) >= 11 is 3.98. The topological polar surface area (TPSA) is 70.2 Å². The van der Waals surface area contributed by atoms with Gasteiger partial charge in [0.25, 0.3) is 0 Å². The lowest BCUT2D eigenvalue weighted by atomic mass is 9.49. The molecule has 0 heterocycles. The van der Waals surface area contributed by atoms with E-state index < -0.39 is 0 Å². The number of hydrogen-bond donors (Lipinski definition) is 3. The Hall–Kier alpha value is -2.34. The summed E-state index contributed by atoms with van der Waals surface area (Å²) in [6.07, 6.45) is 6.61. The van der Waals surface area contributed by atoms with Gasteiger partial charge in [-0.25, -0.2) is 4.79 Å². The Morgan fingerprint density at radius 3 is 2.07 bits per heavy atom. The van der Waals surface area contributed by atoms with Crippen molar-refractivity contribution in [1.82, 2.24) is 0 Å². The fourth-order valence-electron chi connectivity index (χ4n) is 6.17. The number of halogens is 1. The molecule has 3 N–H and O–H groups in total. The molecule has 2 aromatic rings. The van der Waals surface area contributed by atoms with Gasteiger partial charge in [0, 0.05) is 21.4 Å². The highest BCUT2D eigenvalue weighted by molar-refractivity contribution is 9.10. The molecule has 156 valence electrons. The Kier molecular flexibility index (Phi) is 4.85.